The Morgan fingerprint density at radius 1 is 1.06 bits per heavy atom. The van der Waals surface area contributed by atoms with E-state index in [-0.39, 0.29) is 0 Å². The molecule has 4 heteroatoms. The Bertz CT molecular complexity index is 611. The van der Waals surface area contributed by atoms with E-state index in [1.807, 2.05) is 43.3 Å². The van der Waals surface area contributed by atoms with Gasteiger partial charge in [-0.1, -0.05) is 35.6 Å². The summed E-state index contributed by atoms with van der Waals surface area (Å²) in [4.78, 5) is 0. The van der Waals surface area contributed by atoms with Crippen molar-refractivity contribution in [1.29, 1.82) is 5.26 Å². The molecule has 0 saturated carbocycles. The van der Waals surface area contributed by atoms with Crippen molar-refractivity contribution in [3.05, 3.63) is 59.7 Å². The molecule has 2 aromatic carbocycles. The molecule has 18 heavy (non-hydrogen) atoms. The minimum absolute atomic E-state index is 0.543. The van der Waals surface area contributed by atoms with Gasteiger partial charge < -0.3 is 0 Å². The van der Waals surface area contributed by atoms with E-state index in [1.165, 1.54) is 0 Å². The second-order valence-corrected chi connectivity index (χ2v) is 3.76. The average Bonchev–Trinajstić information content (AvgIpc) is 2.41. The Kier molecular flexibility index (Phi) is 3.67. The molecule has 0 radical (unpaired) electrons. The van der Waals surface area contributed by atoms with Crippen molar-refractivity contribution in [3.8, 4) is 6.07 Å². The Morgan fingerprint density at radius 3 is 2.56 bits per heavy atom. The SMILES string of the molecule is Cc1ccccc1N=NNc1ccccc1C#N. The van der Waals surface area contributed by atoms with E-state index in [0.29, 0.717) is 11.3 Å². The fraction of sp³-hybridized carbons (Fsp3) is 0.0714. The van der Waals surface area contributed by atoms with Crippen LogP contribution in [0.5, 0.6) is 0 Å². The van der Waals surface area contributed by atoms with Crippen molar-refractivity contribution in [3.63, 3.8) is 0 Å². The largest absolute Gasteiger partial charge is 0.258 e. The molecule has 0 unspecified atom stereocenters. The summed E-state index contributed by atoms with van der Waals surface area (Å²) in [6, 6.07) is 17.0. The highest BCUT2D eigenvalue weighted by Gasteiger charge is 1.98. The Morgan fingerprint density at radius 2 is 1.78 bits per heavy atom. The number of hydrogen-bond acceptors (Lipinski definition) is 3. The molecule has 2 rings (SSSR count). The lowest BCUT2D eigenvalue weighted by atomic mass is 10.2. The van der Waals surface area contributed by atoms with Gasteiger partial charge in [-0.05, 0) is 30.7 Å². The number of aryl methyl sites for hydroxylation is 1. The number of rotatable bonds is 3. The highest BCUT2D eigenvalue weighted by Crippen LogP contribution is 2.18. The van der Waals surface area contributed by atoms with Crippen molar-refractivity contribution in [2.45, 2.75) is 6.92 Å². The summed E-state index contributed by atoms with van der Waals surface area (Å²) < 4.78 is 0. The van der Waals surface area contributed by atoms with Crippen LogP contribution in [-0.2, 0) is 0 Å². The number of nitrogens with zero attached hydrogens (tertiary/aromatic N) is 3. The second kappa shape index (κ2) is 5.60. The first-order valence-corrected chi connectivity index (χ1v) is 5.53. The average molecular weight is 236 g/mol. The van der Waals surface area contributed by atoms with Gasteiger partial charge in [-0.2, -0.15) is 5.26 Å². The maximum absolute atomic E-state index is 8.92. The smallest absolute Gasteiger partial charge is 0.101 e. The lowest BCUT2D eigenvalue weighted by Crippen LogP contribution is -1.90. The summed E-state index contributed by atoms with van der Waals surface area (Å²) in [5.41, 5.74) is 5.83. The maximum atomic E-state index is 8.92. The lowest BCUT2D eigenvalue weighted by Gasteiger charge is -2.01. The Labute approximate surface area is 106 Å². The normalized spacial score (nSPS) is 10.2. The van der Waals surface area contributed by atoms with Gasteiger partial charge in [0.2, 0.25) is 0 Å². The van der Waals surface area contributed by atoms with Gasteiger partial charge in [-0.15, -0.1) is 5.11 Å². The van der Waals surface area contributed by atoms with Crippen LogP contribution < -0.4 is 5.43 Å². The van der Waals surface area contributed by atoms with Gasteiger partial charge in [0.25, 0.3) is 0 Å². The van der Waals surface area contributed by atoms with Crippen LogP contribution in [0.1, 0.15) is 11.1 Å². The first-order chi connectivity index (χ1) is 8.81. The van der Waals surface area contributed by atoms with E-state index < -0.39 is 0 Å². The minimum Gasteiger partial charge on any atom is -0.258 e. The molecule has 4 nitrogen and oxygen atoms in total. The van der Waals surface area contributed by atoms with Crippen molar-refractivity contribution in [1.82, 2.24) is 0 Å². The highest BCUT2D eigenvalue weighted by molar-refractivity contribution is 5.56. The first-order valence-electron chi connectivity index (χ1n) is 5.53. The highest BCUT2D eigenvalue weighted by atomic mass is 15.4. The summed E-state index contributed by atoms with van der Waals surface area (Å²) in [6.07, 6.45) is 0. The molecule has 0 atom stereocenters. The van der Waals surface area contributed by atoms with Gasteiger partial charge in [0, 0.05) is 0 Å². The predicted octanol–water partition coefficient (Wildman–Crippen LogP) is 3.98. The summed E-state index contributed by atoms with van der Waals surface area (Å²) in [5.74, 6) is 0. The number of benzene rings is 2. The zero-order valence-electron chi connectivity index (χ0n) is 9.96. The lowest BCUT2D eigenvalue weighted by molar-refractivity contribution is 1.12. The third-order valence-corrected chi connectivity index (χ3v) is 2.49. The van der Waals surface area contributed by atoms with Crippen LogP contribution in [0.4, 0.5) is 11.4 Å². The monoisotopic (exact) mass is 236 g/mol. The molecule has 0 amide bonds. The van der Waals surface area contributed by atoms with Crippen LogP contribution in [0.3, 0.4) is 0 Å². The van der Waals surface area contributed by atoms with Gasteiger partial charge in [-0.25, -0.2) is 0 Å². The second-order valence-electron chi connectivity index (χ2n) is 3.76. The number of anilines is 1. The van der Waals surface area contributed by atoms with Crippen molar-refractivity contribution >= 4 is 11.4 Å². The molecule has 88 valence electrons. The van der Waals surface area contributed by atoms with Crippen LogP contribution in [0.15, 0.2) is 58.9 Å². The summed E-state index contributed by atoms with van der Waals surface area (Å²) in [7, 11) is 0. The van der Waals surface area contributed by atoms with Gasteiger partial charge in [-0.3, -0.25) is 5.43 Å². The molecule has 0 heterocycles. The summed E-state index contributed by atoms with van der Waals surface area (Å²) in [6.45, 7) is 1.97. The van der Waals surface area contributed by atoms with E-state index in [1.54, 1.807) is 12.1 Å². The number of para-hydroxylation sites is 1. The van der Waals surface area contributed by atoms with E-state index in [2.05, 4.69) is 21.8 Å². The quantitative estimate of drug-likeness (QED) is 0.647. The third-order valence-electron chi connectivity index (χ3n) is 2.49. The number of hydrogen-bond donors (Lipinski definition) is 1. The molecule has 0 spiro atoms. The zero-order chi connectivity index (χ0) is 12.8. The molecule has 0 aliphatic carbocycles. The molecular formula is C14H12N4. The van der Waals surface area contributed by atoms with Crippen molar-refractivity contribution < 1.29 is 0 Å². The van der Waals surface area contributed by atoms with Crippen LogP contribution in [0.25, 0.3) is 0 Å². The van der Waals surface area contributed by atoms with Crippen LogP contribution >= 0.6 is 0 Å². The maximum Gasteiger partial charge on any atom is 0.101 e. The standard InChI is InChI=1S/C14H12N4/c1-11-6-2-4-8-13(11)16-18-17-14-9-5-3-7-12(14)10-15/h2-9H,1H3,(H,16,17). The summed E-state index contributed by atoms with van der Waals surface area (Å²) >= 11 is 0. The van der Waals surface area contributed by atoms with E-state index in [4.69, 9.17) is 5.26 Å². The molecule has 0 aliphatic heterocycles. The topological polar surface area (TPSA) is 60.5 Å². The Balaban J connectivity index is 2.13. The Hall–Kier alpha value is -2.67. The van der Waals surface area contributed by atoms with Crippen LogP contribution in [-0.4, -0.2) is 0 Å². The van der Waals surface area contributed by atoms with Crippen LogP contribution in [0, 0.1) is 18.3 Å². The van der Waals surface area contributed by atoms with Crippen LogP contribution in [0.2, 0.25) is 0 Å². The molecule has 0 fully saturated rings. The molecule has 0 bridgehead atoms. The fourth-order valence-corrected chi connectivity index (χ4v) is 1.49. The third kappa shape index (κ3) is 2.71. The zero-order valence-corrected chi connectivity index (χ0v) is 9.96. The molecule has 2 aromatic rings. The summed E-state index contributed by atoms with van der Waals surface area (Å²) in [5, 5.41) is 16.9. The van der Waals surface area contributed by atoms with Crippen molar-refractivity contribution in [2.24, 2.45) is 10.3 Å². The van der Waals surface area contributed by atoms with Gasteiger partial charge in [0.05, 0.1) is 16.9 Å². The molecular weight excluding hydrogens is 224 g/mol. The first kappa shape index (κ1) is 11.8. The predicted molar refractivity (Wildman–Crippen MR) is 70.5 cm³/mol. The van der Waals surface area contributed by atoms with E-state index in [0.717, 1.165) is 11.3 Å². The molecule has 1 N–H and O–H groups in total. The molecule has 0 saturated heterocycles. The number of nitrogens with one attached hydrogen (secondary N) is 1. The number of nitriles is 1. The van der Waals surface area contributed by atoms with Gasteiger partial charge in [0.1, 0.15) is 6.07 Å². The van der Waals surface area contributed by atoms with Crippen molar-refractivity contribution in [2.75, 3.05) is 5.43 Å². The molecule has 0 aromatic heterocycles. The van der Waals surface area contributed by atoms with E-state index >= 15 is 0 Å². The van der Waals surface area contributed by atoms with E-state index in [9.17, 15) is 0 Å². The van der Waals surface area contributed by atoms with Gasteiger partial charge >= 0.3 is 0 Å². The minimum atomic E-state index is 0.543. The fourth-order valence-electron chi connectivity index (χ4n) is 1.49. The molecule has 0 aliphatic rings. The van der Waals surface area contributed by atoms with Gasteiger partial charge in [0.15, 0.2) is 0 Å².